The first-order chi connectivity index (χ1) is 7.15. The first kappa shape index (κ1) is 13.7. The van der Waals surface area contributed by atoms with Gasteiger partial charge in [-0.2, -0.15) is 6.41 Å². The molecule has 4 nitrogen and oxygen atoms in total. The van der Waals surface area contributed by atoms with Gasteiger partial charge in [0.2, 0.25) is 0 Å². The van der Waals surface area contributed by atoms with E-state index in [-0.39, 0.29) is 6.42 Å². The third-order valence-corrected chi connectivity index (χ3v) is 2.54. The predicted octanol–water partition coefficient (Wildman–Crippen LogP) is 1.33. The fraction of sp³-hybridized carbons (Fsp3) is 0.400. The number of rotatable bonds is 5. The number of hydrogen-bond donors (Lipinski definition) is 2. The molecule has 0 aliphatic heterocycles. The van der Waals surface area contributed by atoms with Gasteiger partial charge in [-0.3, -0.25) is 4.79 Å². The second-order valence-electron chi connectivity index (χ2n) is 3.20. The molecular formula is C10H11ClFmNO3-. The van der Waals surface area contributed by atoms with Crippen molar-refractivity contribution in [3.05, 3.63) is 22.8 Å². The smallest absolute Gasteiger partial charge is 0.323 e. The topological polar surface area (TPSA) is 66.4 Å². The molecule has 0 aromatic rings. The van der Waals surface area contributed by atoms with Crippen molar-refractivity contribution in [1.82, 2.24) is 5.32 Å². The van der Waals surface area contributed by atoms with Crippen LogP contribution in [0.2, 0.25) is 0 Å². The van der Waals surface area contributed by atoms with E-state index in [1.165, 1.54) is 6.41 Å². The quantitative estimate of drug-likeness (QED) is 0.456. The van der Waals surface area contributed by atoms with E-state index < -0.39 is 12.0 Å². The normalized spacial score (nSPS) is 16.3. The number of amides is 1. The first-order valence-electron chi connectivity index (χ1n) is 4.55. The summed E-state index contributed by atoms with van der Waals surface area (Å²) < 4.78 is 0. The summed E-state index contributed by atoms with van der Waals surface area (Å²) in [6.45, 7) is 0. The van der Waals surface area contributed by atoms with Crippen LogP contribution in [0.4, 0.5) is 0 Å². The Balaban J connectivity index is 0.00000225. The van der Waals surface area contributed by atoms with Crippen molar-refractivity contribution in [2.24, 2.45) is 0 Å². The fourth-order valence-electron chi connectivity index (χ4n) is 1.37. The summed E-state index contributed by atoms with van der Waals surface area (Å²) >= 11 is 5.91. The molecule has 1 rings (SSSR count). The summed E-state index contributed by atoms with van der Waals surface area (Å²) in [5.74, 6) is -1.09. The van der Waals surface area contributed by atoms with Crippen LogP contribution in [0.5, 0.6) is 0 Å². The zero-order valence-corrected chi connectivity index (χ0v) is 11.4. The second kappa shape index (κ2) is 6.24. The van der Waals surface area contributed by atoms with Gasteiger partial charge in [0, 0.05) is 11.5 Å². The molecule has 1 aliphatic rings. The van der Waals surface area contributed by atoms with Gasteiger partial charge in [0.25, 0.3) is 0 Å². The van der Waals surface area contributed by atoms with E-state index in [0.717, 1.165) is 18.4 Å². The Morgan fingerprint density at radius 3 is 2.69 bits per heavy atom. The molecule has 94 valence electrons. The number of carbonyl (C=O) groups is 1. The Hall–Kier alpha value is -2.29. The molecule has 0 fully saturated rings. The molecule has 0 heterocycles. The summed E-state index contributed by atoms with van der Waals surface area (Å²) in [6, 6.07) is -0.964. The summed E-state index contributed by atoms with van der Waals surface area (Å²) in [4.78, 5) is 20.8. The summed E-state index contributed by atoms with van der Waals surface area (Å²) in [6.07, 6.45) is 7.04. The van der Waals surface area contributed by atoms with Gasteiger partial charge in [0.1, 0.15) is 6.04 Å². The zero-order chi connectivity index (χ0) is 11.3. The van der Waals surface area contributed by atoms with E-state index in [0.29, 0.717) is 5.03 Å². The molecular weight excluding hydrogens is 475 g/mol. The molecule has 1 aliphatic carbocycles. The van der Waals surface area contributed by atoms with Gasteiger partial charge in [-0.15, -0.1) is 0 Å². The molecule has 2 N–H and O–H groups in total. The van der Waals surface area contributed by atoms with Crippen molar-refractivity contribution >= 4 is 24.0 Å². The second-order valence-corrected chi connectivity index (χ2v) is 3.61. The first-order valence-corrected chi connectivity index (χ1v) is 4.93. The van der Waals surface area contributed by atoms with Gasteiger partial charge in [0.15, 0.2) is 0 Å². The van der Waals surface area contributed by atoms with Crippen LogP contribution in [0.25, 0.3) is 0 Å². The standard InChI is InChI=1S/C10H11ClNO3.Fm/c11-8-4-2-1-3-7(8)5-9(10(14)15)12-6-13;/h3-4,9H,1-2,5H2,(H,12,13)(H,14,15);/q-1;. The molecule has 0 radical (unpaired) electrons. The van der Waals surface area contributed by atoms with Gasteiger partial charge in [-0.05, 0) is 18.4 Å². The summed E-state index contributed by atoms with van der Waals surface area (Å²) in [5.41, 5.74) is 0.762. The van der Waals surface area contributed by atoms with Crippen LogP contribution >= 0.6 is 11.6 Å². The number of carboxylic acid groups (broad SMARTS) is 1. The van der Waals surface area contributed by atoms with Crippen molar-refractivity contribution in [2.45, 2.75) is 25.3 Å². The Labute approximate surface area is 92.6 Å². The van der Waals surface area contributed by atoms with Gasteiger partial charge >= 0.3 is 5.97 Å². The van der Waals surface area contributed by atoms with Crippen LogP contribution in [0.15, 0.2) is 22.8 Å². The van der Waals surface area contributed by atoms with Gasteiger partial charge in [-0.25, -0.2) is 0 Å². The van der Waals surface area contributed by atoms with Crippen molar-refractivity contribution in [3.8, 4) is 0 Å². The molecule has 1 atom stereocenters. The third kappa shape index (κ3) is 3.46. The van der Waals surface area contributed by atoms with Crippen LogP contribution in [-0.4, -0.2) is 23.5 Å². The Morgan fingerprint density at radius 1 is 1.56 bits per heavy atom. The number of carboxylic acids is 1. The Morgan fingerprint density at radius 2 is 2.19 bits per heavy atom. The van der Waals surface area contributed by atoms with Crippen molar-refractivity contribution in [2.75, 3.05) is 0 Å². The molecule has 0 aromatic heterocycles. The molecule has 0 bridgehead atoms. The number of allylic oxidation sites excluding steroid dienone is 3. The average Bonchev–Trinajstić information content (AvgIpc) is 2.20. The van der Waals surface area contributed by atoms with Gasteiger partial charge < -0.3 is 15.2 Å². The largest absolute Gasteiger partial charge is 0.520 e. The predicted molar refractivity (Wildman–Crippen MR) is 56.1 cm³/mol. The van der Waals surface area contributed by atoms with E-state index >= 15 is 0 Å². The minimum atomic E-state index is -1.09. The average molecular weight is 486 g/mol. The maximum atomic E-state index is 10.7. The molecule has 1 amide bonds. The molecule has 16 heavy (non-hydrogen) atoms. The molecule has 0 spiro atoms. The number of aliphatic carboxylic acids is 1. The van der Waals surface area contributed by atoms with E-state index in [2.05, 4.69) is 5.32 Å². The maximum absolute atomic E-state index is 10.7. The van der Waals surface area contributed by atoms with E-state index in [1.807, 2.05) is 12.2 Å². The maximum Gasteiger partial charge on any atom is 0.323 e. The number of hydrogen-bond acceptors (Lipinski definition) is 2. The van der Waals surface area contributed by atoms with Crippen molar-refractivity contribution in [3.63, 3.8) is 0 Å². The van der Waals surface area contributed by atoms with Crippen LogP contribution in [-0.2, 0) is 9.59 Å². The van der Waals surface area contributed by atoms with E-state index in [4.69, 9.17) is 16.7 Å². The summed E-state index contributed by atoms with van der Waals surface area (Å²) in [5, 5.41) is 11.5. The number of nitrogens with one attached hydrogen (secondary N) is 1. The molecule has 6 heteroatoms. The zero-order valence-electron chi connectivity index (χ0n) is 8.28. The molecule has 0 aromatic carbocycles. The van der Waals surface area contributed by atoms with Crippen LogP contribution in [0, 0.1) is 0 Å². The number of halogens is 1. The van der Waals surface area contributed by atoms with Crippen molar-refractivity contribution < 1.29 is 14.7 Å². The van der Waals surface area contributed by atoms with E-state index in [9.17, 15) is 9.59 Å². The van der Waals surface area contributed by atoms with Crippen LogP contribution in [0.3, 0.4) is 0 Å². The van der Waals surface area contributed by atoms with Crippen LogP contribution in [0.1, 0.15) is 19.3 Å². The minimum Gasteiger partial charge on any atom is -0.520 e. The summed E-state index contributed by atoms with van der Waals surface area (Å²) in [7, 11) is 0. The number of carbonyl (C=O) groups excluding carboxylic acids is 1. The van der Waals surface area contributed by atoms with Gasteiger partial charge in [0.05, 0.1) is 0 Å². The Kier molecular flexibility index (Phi) is 5.35. The molecule has 1 unspecified atom stereocenters. The monoisotopic (exact) mass is 485 g/mol. The van der Waals surface area contributed by atoms with Crippen molar-refractivity contribution in [1.29, 1.82) is 0 Å². The fourth-order valence-corrected chi connectivity index (χ4v) is 1.63. The van der Waals surface area contributed by atoms with Crippen LogP contribution < -0.4 is 5.32 Å². The third-order valence-electron chi connectivity index (χ3n) is 2.14. The van der Waals surface area contributed by atoms with Gasteiger partial charge in [-0.1, -0.05) is 23.8 Å². The Bertz CT molecular complexity index is 328. The molecule has 0 saturated heterocycles. The molecule has 0 saturated carbocycles. The van der Waals surface area contributed by atoms with E-state index in [1.54, 1.807) is 0 Å². The SMILES string of the molecule is O=[C-]NC(CC1=CCCC=C1Cl)C(=O)O.[Fm]. The minimum absolute atomic E-state index is 0.